The second-order valence-corrected chi connectivity index (χ2v) is 8.69. The number of methoxy groups -OCH3 is 1. The number of hydrogen-bond acceptors (Lipinski definition) is 4. The highest BCUT2D eigenvalue weighted by atomic mass is 35.5. The summed E-state index contributed by atoms with van der Waals surface area (Å²) in [6.07, 6.45) is 2.58. The average molecular weight is 425 g/mol. The number of halogens is 1. The number of anilines is 2. The molecule has 2 aromatic rings. The van der Waals surface area contributed by atoms with Crippen LogP contribution in [0.2, 0.25) is 5.02 Å². The van der Waals surface area contributed by atoms with Crippen LogP contribution in [0.25, 0.3) is 0 Å². The van der Waals surface area contributed by atoms with E-state index in [1.165, 1.54) is 11.4 Å². The molecule has 0 aliphatic carbocycles. The van der Waals surface area contributed by atoms with Gasteiger partial charge in [0, 0.05) is 18.0 Å². The number of rotatable bonds is 9. The molecule has 0 aliphatic heterocycles. The van der Waals surface area contributed by atoms with Crippen molar-refractivity contribution in [3.63, 3.8) is 0 Å². The Morgan fingerprint density at radius 3 is 2.43 bits per heavy atom. The Morgan fingerprint density at radius 2 is 1.86 bits per heavy atom. The number of amides is 1. The molecule has 1 N–H and O–H groups in total. The Balaban J connectivity index is 2.00. The molecule has 0 saturated carbocycles. The van der Waals surface area contributed by atoms with Gasteiger partial charge in [-0.3, -0.25) is 9.10 Å². The van der Waals surface area contributed by atoms with Gasteiger partial charge in [0.15, 0.2) is 0 Å². The SMILES string of the molecule is CCc1ccc(N(CCCC(=O)Nc2cc(Cl)ccc2OC)S(C)(=O)=O)cc1. The molecule has 2 aromatic carbocycles. The van der Waals surface area contributed by atoms with Crippen LogP contribution in [0.5, 0.6) is 5.75 Å². The van der Waals surface area contributed by atoms with Crippen molar-refractivity contribution in [2.45, 2.75) is 26.2 Å². The lowest BCUT2D eigenvalue weighted by atomic mass is 10.1. The van der Waals surface area contributed by atoms with Gasteiger partial charge < -0.3 is 10.1 Å². The summed E-state index contributed by atoms with van der Waals surface area (Å²) in [5.41, 5.74) is 2.21. The largest absolute Gasteiger partial charge is 0.495 e. The first-order chi connectivity index (χ1) is 13.2. The minimum Gasteiger partial charge on any atom is -0.495 e. The molecule has 1 amide bonds. The Hall–Kier alpha value is -2.25. The van der Waals surface area contributed by atoms with E-state index in [0.29, 0.717) is 28.6 Å². The molecule has 0 saturated heterocycles. The number of ether oxygens (including phenoxy) is 1. The van der Waals surface area contributed by atoms with E-state index in [2.05, 4.69) is 5.32 Å². The third-order valence-electron chi connectivity index (χ3n) is 4.23. The van der Waals surface area contributed by atoms with E-state index in [9.17, 15) is 13.2 Å². The van der Waals surface area contributed by atoms with Crippen LogP contribution >= 0.6 is 11.6 Å². The van der Waals surface area contributed by atoms with Crippen LogP contribution in [0.15, 0.2) is 42.5 Å². The van der Waals surface area contributed by atoms with E-state index < -0.39 is 10.0 Å². The second-order valence-electron chi connectivity index (χ2n) is 6.35. The summed E-state index contributed by atoms with van der Waals surface area (Å²) < 4.78 is 30.9. The van der Waals surface area contributed by atoms with Crippen molar-refractivity contribution >= 4 is 38.9 Å². The fourth-order valence-electron chi connectivity index (χ4n) is 2.76. The number of benzene rings is 2. The van der Waals surface area contributed by atoms with E-state index in [1.54, 1.807) is 30.3 Å². The molecule has 0 unspecified atom stereocenters. The van der Waals surface area contributed by atoms with E-state index in [-0.39, 0.29) is 18.9 Å². The minimum absolute atomic E-state index is 0.161. The van der Waals surface area contributed by atoms with Crippen LogP contribution < -0.4 is 14.4 Å². The van der Waals surface area contributed by atoms with E-state index >= 15 is 0 Å². The quantitative estimate of drug-likeness (QED) is 0.657. The summed E-state index contributed by atoms with van der Waals surface area (Å²) in [6, 6.07) is 12.3. The second kappa shape index (κ2) is 9.80. The monoisotopic (exact) mass is 424 g/mol. The predicted octanol–water partition coefficient (Wildman–Crippen LogP) is 4.10. The zero-order valence-corrected chi connectivity index (χ0v) is 17.8. The van der Waals surface area contributed by atoms with Gasteiger partial charge in [-0.25, -0.2) is 8.42 Å². The first kappa shape index (κ1) is 22.0. The maximum atomic E-state index is 12.3. The molecule has 0 heterocycles. The zero-order chi connectivity index (χ0) is 20.7. The smallest absolute Gasteiger partial charge is 0.232 e. The van der Waals surface area contributed by atoms with Gasteiger partial charge in [0.05, 0.1) is 24.7 Å². The van der Waals surface area contributed by atoms with Crippen molar-refractivity contribution in [2.24, 2.45) is 0 Å². The fourth-order valence-corrected chi connectivity index (χ4v) is 3.90. The van der Waals surface area contributed by atoms with Gasteiger partial charge >= 0.3 is 0 Å². The number of aryl methyl sites for hydroxylation is 1. The number of carbonyl (C=O) groups excluding carboxylic acids is 1. The van der Waals surface area contributed by atoms with E-state index in [1.807, 2.05) is 19.1 Å². The van der Waals surface area contributed by atoms with Crippen molar-refractivity contribution in [3.8, 4) is 5.75 Å². The van der Waals surface area contributed by atoms with Gasteiger partial charge in [0.2, 0.25) is 15.9 Å². The van der Waals surface area contributed by atoms with Gasteiger partial charge in [-0.15, -0.1) is 0 Å². The fraction of sp³-hybridized carbons (Fsp3) is 0.350. The molecule has 0 radical (unpaired) electrons. The summed E-state index contributed by atoms with van der Waals surface area (Å²) in [4.78, 5) is 12.3. The van der Waals surface area contributed by atoms with Crippen molar-refractivity contribution in [2.75, 3.05) is 29.5 Å². The van der Waals surface area contributed by atoms with E-state index in [0.717, 1.165) is 18.2 Å². The molecule has 8 heteroatoms. The molecule has 152 valence electrons. The van der Waals surface area contributed by atoms with Crippen molar-refractivity contribution in [1.29, 1.82) is 0 Å². The number of nitrogens with one attached hydrogen (secondary N) is 1. The maximum Gasteiger partial charge on any atom is 0.232 e. The molecule has 0 atom stereocenters. The third-order valence-corrected chi connectivity index (χ3v) is 5.66. The van der Waals surface area contributed by atoms with Crippen LogP contribution in [0.3, 0.4) is 0 Å². The standard InChI is InChI=1S/C20H25ClN2O4S/c1-4-15-7-10-17(11-8-15)23(28(3,25)26)13-5-6-20(24)22-18-14-16(21)9-12-19(18)27-2/h7-12,14H,4-6,13H2,1-3H3,(H,22,24). The summed E-state index contributed by atoms with van der Waals surface area (Å²) in [5, 5.41) is 3.23. The van der Waals surface area contributed by atoms with Gasteiger partial charge in [-0.05, 0) is 48.7 Å². The summed E-state index contributed by atoms with van der Waals surface area (Å²) in [6.45, 7) is 2.25. The topological polar surface area (TPSA) is 75.7 Å². The average Bonchev–Trinajstić information content (AvgIpc) is 2.64. The molecule has 0 spiro atoms. The molecule has 28 heavy (non-hydrogen) atoms. The molecular weight excluding hydrogens is 400 g/mol. The van der Waals surface area contributed by atoms with Crippen molar-refractivity contribution in [1.82, 2.24) is 0 Å². The normalized spacial score (nSPS) is 11.1. The summed E-state index contributed by atoms with van der Waals surface area (Å²) in [5.74, 6) is 0.266. The molecule has 2 rings (SSSR count). The van der Waals surface area contributed by atoms with Crippen molar-refractivity contribution < 1.29 is 17.9 Å². The lowest BCUT2D eigenvalue weighted by Crippen LogP contribution is -2.31. The van der Waals surface area contributed by atoms with Crippen LogP contribution in [0.4, 0.5) is 11.4 Å². The van der Waals surface area contributed by atoms with Crippen molar-refractivity contribution in [3.05, 3.63) is 53.1 Å². The van der Waals surface area contributed by atoms with E-state index in [4.69, 9.17) is 16.3 Å². The highest BCUT2D eigenvalue weighted by Crippen LogP contribution is 2.28. The zero-order valence-electron chi connectivity index (χ0n) is 16.2. The lowest BCUT2D eigenvalue weighted by Gasteiger charge is -2.22. The number of hydrogen-bond donors (Lipinski definition) is 1. The maximum absolute atomic E-state index is 12.3. The Labute approximate surface area is 171 Å². The number of carbonyl (C=O) groups is 1. The Kier molecular flexibility index (Phi) is 7.71. The first-order valence-corrected chi connectivity index (χ1v) is 11.2. The summed E-state index contributed by atoms with van der Waals surface area (Å²) >= 11 is 5.96. The predicted molar refractivity (Wildman–Crippen MR) is 114 cm³/mol. The lowest BCUT2D eigenvalue weighted by molar-refractivity contribution is -0.116. The summed E-state index contributed by atoms with van der Waals surface area (Å²) in [7, 11) is -1.94. The molecule has 0 fully saturated rings. The molecule has 0 aromatic heterocycles. The molecular formula is C20H25ClN2O4S. The van der Waals surface area contributed by atoms with Crippen LogP contribution in [-0.4, -0.2) is 34.2 Å². The Morgan fingerprint density at radius 1 is 1.18 bits per heavy atom. The van der Waals surface area contributed by atoms with Gasteiger partial charge in [0.1, 0.15) is 5.75 Å². The third kappa shape index (κ3) is 6.14. The molecule has 0 aliphatic rings. The first-order valence-electron chi connectivity index (χ1n) is 8.94. The Bertz CT molecular complexity index is 914. The van der Waals surface area contributed by atoms with Crippen LogP contribution in [0, 0.1) is 0 Å². The number of nitrogens with zero attached hydrogens (tertiary/aromatic N) is 1. The van der Waals surface area contributed by atoms with Gasteiger partial charge in [0.25, 0.3) is 0 Å². The van der Waals surface area contributed by atoms with Gasteiger partial charge in [-0.2, -0.15) is 0 Å². The number of sulfonamides is 1. The molecule has 0 bridgehead atoms. The molecule has 6 nitrogen and oxygen atoms in total. The highest BCUT2D eigenvalue weighted by molar-refractivity contribution is 7.92. The van der Waals surface area contributed by atoms with Crippen LogP contribution in [0.1, 0.15) is 25.3 Å². The minimum atomic E-state index is -3.45. The highest BCUT2D eigenvalue weighted by Gasteiger charge is 2.18. The van der Waals surface area contributed by atoms with Gasteiger partial charge in [-0.1, -0.05) is 30.7 Å². The van der Waals surface area contributed by atoms with Crippen LogP contribution in [-0.2, 0) is 21.2 Å².